The Kier molecular flexibility index (Phi) is 228. The Morgan fingerprint density at radius 2 is 0.750 bits per heavy atom. The van der Waals surface area contributed by atoms with Crippen LogP contribution in [-0.2, 0) is 28.0 Å². The third-order valence-corrected chi connectivity index (χ3v) is 0. The van der Waals surface area contributed by atoms with E-state index in [9.17, 15) is 0 Å². The molecule has 2 nitrogen and oxygen atoms in total. The van der Waals surface area contributed by atoms with Gasteiger partial charge >= 0.3 is 57.0 Å². The first kappa shape index (κ1) is 42.0. The molecule has 0 fully saturated rings. The van der Waals surface area contributed by atoms with Gasteiger partial charge in [-0.1, -0.05) is 0 Å². The van der Waals surface area contributed by atoms with Crippen molar-refractivity contribution in [1.82, 2.24) is 0 Å². The molecule has 0 aliphatic heterocycles. The van der Waals surface area contributed by atoms with Crippen molar-refractivity contribution in [3.63, 3.8) is 0 Å². The molecule has 0 amide bonds. The van der Waals surface area contributed by atoms with Gasteiger partial charge in [0.1, 0.15) is 0 Å². The molecule has 0 bridgehead atoms. The molecule has 27 valence electrons. The third-order valence-electron chi connectivity index (χ3n) is 0. The molecule has 0 spiro atoms. The summed E-state index contributed by atoms with van der Waals surface area (Å²) in [7, 11) is 0. The predicted molar refractivity (Wildman–Crippen MR) is 1.37 cm³/mol. The van der Waals surface area contributed by atoms with Gasteiger partial charge in [-0.2, -0.15) is 0 Å². The molecule has 0 aromatic carbocycles. The van der Waals surface area contributed by atoms with Crippen LogP contribution in [-0.4, -0.2) is 0 Å². The van der Waals surface area contributed by atoms with Gasteiger partial charge in [0.25, 0.3) is 0 Å². The van der Waals surface area contributed by atoms with E-state index in [1.807, 2.05) is 0 Å². The molecule has 0 rings (SSSR count). The van der Waals surface area contributed by atoms with Crippen LogP contribution >= 0.6 is 0 Å². The van der Waals surface area contributed by atoms with Crippen LogP contribution in [0.3, 0.4) is 0 Å². The van der Waals surface area contributed by atoms with Crippen LogP contribution in [0.2, 0.25) is 0 Å². The standard InChI is InChI=1S/Fe.Gd.2O/q+2;+3;2*-2. The maximum atomic E-state index is 0. The number of rotatable bonds is 0. The maximum absolute atomic E-state index is 0. The van der Waals surface area contributed by atoms with Crippen LogP contribution in [0.15, 0.2) is 0 Å². The molecule has 0 saturated heterocycles. The van der Waals surface area contributed by atoms with Gasteiger partial charge in [-0.15, -0.1) is 0 Å². The normalized spacial score (nSPS) is 0. The molecule has 0 N–H and O–H groups in total. The summed E-state index contributed by atoms with van der Waals surface area (Å²) in [5.41, 5.74) is 0. The van der Waals surface area contributed by atoms with Crippen LogP contribution in [0, 0.1) is 39.9 Å². The summed E-state index contributed by atoms with van der Waals surface area (Å²) in [6, 6.07) is 0. The summed E-state index contributed by atoms with van der Waals surface area (Å²) in [4.78, 5) is 0. The van der Waals surface area contributed by atoms with Crippen LogP contribution in [0.1, 0.15) is 0 Å². The molecule has 0 atom stereocenters. The van der Waals surface area contributed by atoms with Crippen molar-refractivity contribution in [2.75, 3.05) is 0 Å². The van der Waals surface area contributed by atoms with Gasteiger partial charge in [0.05, 0.1) is 0 Å². The van der Waals surface area contributed by atoms with Gasteiger partial charge < -0.3 is 11.0 Å². The largest absolute Gasteiger partial charge is 3.00 e. The van der Waals surface area contributed by atoms with Crippen molar-refractivity contribution in [1.29, 1.82) is 0 Å². The van der Waals surface area contributed by atoms with Gasteiger partial charge in [0, 0.05) is 0 Å². The molecule has 0 aromatic rings. The van der Waals surface area contributed by atoms with E-state index in [1.54, 1.807) is 0 Å². The van der Waals surface area contributed by atoms with Crippen molar-refractivity contribution in [2.24, 2.45) is 0 Å². The zero-order valence-electron chi connectivity index (χ0n) is 1.52. The molecule has 0 unspecified atom stereocenters. The summed E-state index contributed by atoms with van der Waals surface area (Å²) in [6.45, 7) is 0. The molecular formula is FeGdO2+. The molecule has 0 aliphatic carbocycles. The smallest absolute Gasteiger partial charge is 2.00 e. The van der Waals surface area contributed by atoms with E-state index in [0.29, 0.717) is 0 Å². The van der Waals surface area contributed by atoms with E-state index >= 15 is 0 Å². The van der Waals surface area contributed by atoms with E-state index in [4.69, 9.17) is 0 Å². The minimum atomic E-state index is 0. The first-order valence-electron chi connectivity index (χ1n) is 0. The summed E-state index contributed by atoms with van der Waals surface area (Å²) >= 11 is 0. The minimum Gasteiger partial charge on any atom is -2.00 e. The number of hydrogen-bond donors (Lipinski definition) is 0. The Morgan fingerprint density at radius 1 is 0.750 bits per heavy atom. The molecule has 0 aromatic heterocycles. The third kappa shape index (κ3) is 9.24. The molecular weight excluding hydrogens is 245 g/mol. The summed E-state index contributed by atoms with van der Waals surface area (Å²) < 4.78 is 0. The fourth-order valence-electron chi connectivity index (χ4n) is 0. The summed E-state index contributed by atoms with van der Waals surface area (Å²) in [5.74, 6) is 0. The molecule has 0 heterocycles. The molecule has 1 radical (unpaired) electrons. The van der Waals surface area contributed by atoms with Gasteiger partial charge in [-0.3, -0.25) is 0 Å². The fraction of sp³-hybridized carbons (Fsp3) is 0. The van der Waals surface area contributed by atoms with Gasteiger partial charge in [0.15, 0.2) is 0 Å². The van der Waals surface area contributed by atoms with Gasteiger partial charge in [0.2, 0.25) is 0 Å². The number of hydrogen-bond acceptors (Lipinski definition) is 0. The molecule has 0 saturated carbocycles. The summed E-state index contributed by atoms with van der Waals surface area (Å²) in [5, 5.41) is 0. The van der Waals surface area contributed by atoms with Crippen molar-refractivity contribution >= 4 is 0 Å². The summed E-state index contributed by atoms with van der Waals surface area (Å²) in [6.07, 6.45) is 0. The zero-order chi connectivity index (χ0) is 0. The van der Waals surface area contributed by atoms with Crippen molar-refractivity contribution in [3.8, 4) is 0 Å². The SMILES string of the molecule is [Fe+2].[Gd+3].[O-2].[O-2]. The second-order valence-corrected chi connectivity index (χ2v) is 0. The Morgan fingerprint density at radius 3 is 0.750 bits per heavy atom. The van der Waals surface area contributed by atoms with Crippen LogP contribution in [0.25, 0.3) is 0 Å². The maximum Gasteiger partial charge on any atom is 3.00 e. The van der Waals surface area contributed by atoms with Crippen molar-refractivity contribution < 1.29 is 68.0 Å². The van der Waals surface area contributed by atoms with E-state index in [1.165, 1.54) is 0 Å². The average molecular weight is 245 g/mol. The second-order valence-electron chi connectivity index (χ2n) is 0. The fourth-order valence-corrected chi connectivity index (χ4v) is 0. The van der Waals surface area contributed by atoms with E-state index in [0.717, 1.165) is 0 Å². The molecule has 4 heavy (non-hydrogen) atoms. The Balaban J connectivity index is 0. The first-order valence-corrected chi connectivity index (χ1v) is 0. The zero-order valence-corrected chi connectivity index (χ0v) is 4.90. The van der Waals surface area contributed by atoms with Crippen LogP contribution < -0.4 is 0 Å². The van der Waals surface area contributed by atoms with E-state index in [2.05, 4.69) is 0 Å². The van der Waals surface area contributed by atoms with Crippen LogP contribution in [0.5, 0.6) is 0 Å². The quantitative estimate of drug-likeness (QED) is 0.529. The van der Waals surface area contributed by atoms with Gasteiger partial charge in [-0.25, -0.2) is 0 Å². The van der Waals surface area contributed by atoms with E-state index in [-0.39, 0.29) is 68.0 Å². The molecule has 0 aliphatic rings. The first-order chi connectivity index (χ1) is 0. The van der Waals surface area contributed by atoms with Gasteiger partial charge in [-0.05, 0) is 0 Å². The van der Waals surface area contributed by atoms with Crippen molar-refractivity contribution in [2.45, 2.75) is 0 Å². The Hall–Kier alpha value is 1.76. The topological polar surface area (TPSA) is 57.0 Å². The predicted octanol–water partition coefficient (Wildman–Crippen LogP) is -0.240. The Bertz CT molecular complexity index is 6.00. The monoisotopic (exact) mass is 246 g/mol. The Labute approximate surface area is 67.1 Å². The average Bonchev–Trinajstić information content (AvgIpc) is 0. The minimum absolute atomic E-state index is 0. The second kappa shape index (κ2) is 21.7. The van der Waals surface area contributed by atoms with E-state index < -0.39 is 0 Å². The molecule has 4 heteroatoms. The van der Waals surface area contributed by atoms with Crippen LogP contribution in [0.4, 0.5) is 0 Å². The van der Waals surface area contributed by atoms with Crippen molar-refractivity contribution in [3.05, 3.63) is 0 Å².